The highest BCUT2D eigenvalue weighted by atomic mass is 35.5. The van der Waals surface area contributed by atoms with Crippen molar-refractivity contribution in [3.63, 3.8) is 0 Å². The molecule has 0 aromatic heterocycles. The molecule has 0 saturated heterocycles. The van der Waals surface area contributed by atoms with E-state index in [1.807, 2.05) is 18.2 Å². The highest BCUT2D eigenvalue weighted by Gasteiger charge is 2.16. The summed E-state index contributed by atoms with van der Waals surface area (Å²) in [6.45, 7) is 5.06. The molecule has 1 N–H and O–H groups in total. The number of hydrogen-bond acceptors (Lipinski definition) is 2. The quantitative estimate of drug-likeness (QED) is 0.883. The Morgan fingerprint density at radius 1 is 1.15 bits per heavy atom. The van der Waals surface area contributed by atoms with Crippen LogP contribution in [0.1, 0.15) is 29.7 Å². The normalized spacial score (nSPS) is 12.2. The van der Waals surface area contributed by atoms with Gasteiger partial charge in [-0.3, -0.25) is 0 Å². The molecule has 0 fully saturated rings. The third-order valence-corrected chi connectivity index (χ3v) is 3.66. The van der Waals surface area contributed by atoms with Gasteiger partial charge in [0.1, 0.15) is 5.75 Å². The number of hydrogen-bond donors (Lipinski definition) is 1. The smallest absolute Gasteiger partial charge is 0.120 e. The van der Waals surface area contributed by atoms with Crippen LogP contribution in [0.5, 0.6) is 5.75 Å². The van der Waals surface area contributed by atoms with Gasteiger partial charge in [-0.05, 0) is 36.7 Å². The van der Waals surface area contributed by atoms with Gasteiger partial charge >= 0.3 is 0 Å². The molecular weight excluding hydrogens is 270 g/mol. The Morgan fingerprint density at radius 2 is 1.85 bits per heavy atom. The first-order valence-electron chi connectivity index (χ1n) is 6.79. The summed E-state index contributed by atoms with van der Waals surface area (Å²) in [5, 5.41) is 4.21. The summed E-state index contributed by atoms with van der Waals surface area (Å²) in [5.74, 6) is 0.776. The standard InChI is InChI=1S/C17H20ClNO/c1-4-19-17(13-7-5-12(2)6-8-13)15-10-9-14(20-3)11-16(15)18/h5-11,17,19H,4H2,1-3H3. The van der Waals surface area contributed by atoms with Crippen LogP contribution in [-0.2, 0) is 0 Å². The fourth-order valence-corrected chi connectivity index (χ4v) is 2.52. The van der Waals surface area contributed by atoms with E-state index >= 15 is 0 Å². The van der Waals surface area contributed by atoms with Crippen LogP contribution in [0.25, 0.3) is 0 Å². The number of aryl methyl sites for hydroxylation is 1. The largest absolute Gasteiger partial charge is 0.497 e. The monoisotopic (exact) mass is 289 g/mol. The molecule has 0 aliphatic heterocycles. The molecule has 2 nitrogen and oxygen atoms in total. The molecule has 2 aromatic rings. The number of ether oxygens (including phenoxy) is 1. The Balaban J connectivity index is 2.40. The van der Waals surface area contributed by atoms with Crippen LogP contribution in [-0.4, -0.2) is 13.7 Å². The number of methoxy groups -OCH3 is 1. The molecule has 0 heterocycles. The first kappa shape index (κ1) is 14.9. The van der Waals surface area contributed by atoms with E-state index in [-0.39, 0.29) is 6.04 Å². The average Bonchev–Trinajstić information content (AvgIpc) is 2.46. The fraction of sp³-hybridized carbons (Fsp3) is 0.294. The number of nitrogens with one attached hydrogen (secondary N) is 1. The molecule has 1 unspecified atom stereocenters. The average molecular weight is 290 g/mol. The minimum Gasteiger partial charge on any atom is -0.497 e. The maximum absolute atomic E-state index is 6.40. The second-order valence-electron chi connectivity index (χ2n) is 4.79. The molecule has 2 aromatic carbocycles. The van der Waals surface area contributed by atoms with Crippen LogP contribution in [0, 0.1) is 6.92 Å². The van der Waals surface area contributed by atoms with Crippen molar-refractivity contribution < 1.29 is 4.74 Å². The van der Waals surface area contributed by atoms with Gasteiger partial charge in [-0.25, -0.2) is 0 Å². The lowest BCUT2D eigenvalue weighted by Gasteiger charge is -2.20. The van der Waals surface area contributed by atoms with Crippen molar-refractivity contribution in [3.05, 3.63) is 64.2 Å². The molecule has 1 atom stereocenters. The zero-order valence-corrected chi connectivity index (χ0v) is 12.9. The van der Waals surface area contributed by atoms with E-state index in [4.69, 9.17) is 16.3 Å². The van der Waals surface area contributed by atoms with Gasteiger partial charge in [0.05, 0.1) is 13.2 Å². The molecule has 106 valence electrons. The van der Waals surface area contributed by atoms with Crippen molar-refractivity contribution in [1.82, 2.24) is 5.32 Å². The van der Waals surface area contributed by atoms with Crippen molar-refractivity contribution in [1.29, 1.82) is 0 Å². The summed E-state index contributed by atoms with van der Waals surface area (Å²) in [5.41, 5.74) is 3.53. The summed E-state index contributed by atoms with van der Waals surface area (Å²) in [4.78, 5) is 0. The van der Waals surface area contributed by atoms with E-state index in [0.29, 0.717) is 0 Å². The first-order valence-corrected chi connectivity index (χ1v) is 7.17. The molecule has 20 heavy (non-hydrogen) atoms. The van der Waals surface area contributed by atoms with Gasteiger partial charge in [-0.2, -0.15) is 0 Å². The molecule has 0 amide bonds. The Bertz CT molecular complexity index is 566. The van der Waals surface area contributed by atoms with Crippen molar-refractivity contribution in [2.45, 2.75) is 19.9 Å². The second-order valence-corrected chi connectivity index (χ2v) is 5.20. The lowest BCUT2D eigenvalue weighted by Crippen LogP contribution is -2.22. The zero-order valence-electron chi connectivity index (χ0n) is 12.1. The van der Waals surface area contributed by atoms with E-state index in [9.17, 15) is 0 Å². The summed E-state index contributed by atoms with van der Waals surface area (Å²) >= 11 is 6.40. The van der Waals surface area contributed by atoms with Crippen LogP contribution in [0.3, 0.4) is 0 Å². The van der Waals surface area contributed by atoms with Crippen LogP contribution in [0.2, 0.25) is 5.02 Å². The maximum Gasteiger partial charge on any atom is 0.120 e. The Labute approximate surface area is 125 Å². The SMILES string of the molecule is CCNC(c1ccc(C)cc1)c1ccc(OC)cc1Cl. The predicted octanol–water partition coefficient (Wildman–Crippen LogP) is 4.36. The number of halogens is 1. The molecule has 0 spiro atoms. The predicted molar refractivity (Wildman–Crippen MR) is 84.7 cm³/mol. The van der Waals surface area contributed by atoms with Crippen LogP contribution in [0.4, 0.5) is 0 Å². The van der Waals surface area contributed by atoms with Gasteiger partial charge in [-0.15, -0.1) is 0 Å². The van der Waals surface area contributed by atoms with Crippen molar-refractivity contribution in [2.75, 3.05) is 13.7 Å². The summed E-state index contributed by atoms with van der Waals surface area (Å²) in [6.07, 6.45) is 0. The van der Waals surface area contributed by atoms with E-state index in [0.717, 1.165) is 22.9 Å². The first-order chi connectivity index (χ1) is 9.65. The van der Waals surface area contributed by atoms with Crippen LogP contribution >= 0.6 is 11.6 Å². The van der Waals surface area contributed by atoms with E-state index in [1.54, 1.807) is 7.11 Å². The summed E-state index contributed by atoms with van der Waals surface area (Å²) in [7, 11) is 1.65. The van der Waals surface area contributed by atoms with Crippen LogP contribution < -0.4 is 10.1 Å². The molecule has 0 saturated carbocycles. The highest BCUT2D eigenvalue weighted by molar-refractivity contribution is 6.31. The second kappa shape index (κ2) is 6.78. The number of rotatable bonds is 5. The minimum atomic E-state index is 0.0963. The highest BCUT2D eigenvalue weighted by Crippen LogP contribution is 2.31. The maximum atomic E-state index is 6.40. The third kappa shape index (κ3) is 3.33. The molecule has 3 heteroatoms. The molecule has 0 aliphatic carbocycles. The lowest BCUT2D eigenvalue weighted by molar-refractivity contribution is 0.414. The molecule has 0 radical (unpaired) electrons. The van der Waals surface area contributed by atoms with Gasteiger partial charge in [0.2, 0.25) is 0 Å². The molecule has 0 aliphatic rings. The van der Waals surface area contributed by atoms with Crippen molar-refractivity contribution >= 4 is 11.6 Å². The topological polar surface area (TPSA) is 21.3 Å². The Kier molecular flexibility index (Phi) is 5.05. The minimum absolute atomic E-state index is 0.0963. The van der Waals surface area contributed by atoms with E-state index in [2.05, 4.69) is 43.4 Å². The van der Waals surface area contributed by atoms with Gasteiger partial charge in [-0.1, -0.05) is 54.4 Å². The van der Waals surface area contributed by atoms with E-state index < -0.39 is 0 Å². The van der Waals surface area contributed by atoms with Gasteiger partial charge < -0.3 is 10.1 Å². The van der Waals surface area contributed by atoms with Gasteiger partial charge in [0, 0.05) is 5.02 Å². The number of benzene rings is 2. The molecule has 2 rings (SSSR count). The fourth-order valence-electron chi connectivity index (χ4n) is 2.24. The van der Waals surface area contributed by atoms with E-state index in [1.165, 1.54) is 11.1 Å². The van der Waals surface area contributed by atoms with Gasteiger partial charge in [0.15, 0.2) is 0 Å². The lowest BCUT2D eigenvalue weighted by atomic mass is 9.97. The zero-order chi connectivity index (χ0) is 14.5. The molecule has 0 bridgehead atoms. The van der Waals surface area contributed by atoms with Crippen LogP contribution in [0.15, 0.2) is 42.5 Å². The molecular formula is C17H20ClNO. The van der Waals surface area contributed by atoms with Crippen molar-refractivity contribution in [2.24, 2.45) is 0 Å². The third-order valence-electron chi connectivity index (χ3n) is 3.34. The summed E-state index contributed by atoms with van der Waals surface area (Å²) in [6, 6.07) is 14.4. The Hall–Kier alpha value is -1.51. The Morgan fingerprint density at radius 3 is 2.40 bits per heavy atom. The van der Waals surface area contributed by atoms with Crippen molar-refractivity contribution in [3.8, 4) is 5.75 Å². The van der Waals surface area contributed by atoms with Gasteiger partial charge in [0.25, 0.3) is 0 Å². The summed E-state index contributed by atoms with van der Waals surface area (Å²) < 4.78 is 5.21.